The summed E-state index contributed by atoms with van der Waals surface area (Å²) in [7, 11) is -1.06. The molecule has 3 rings (SSSR count). The molecule has 5 nitrogen and oxygen atoms in total. The van der Waals surface area contributed by atoms with Crippen LogP contribution in [-0.2, 0) is 20.6 Å². The maximum atomic E-state index is 5.96. The largest absolute Gasteiger partial charge is 0.377 e. The second-order valence-corrected chi connectivity index (χ2v) is 14.6. The number of anilines is 1. The van der Waals surface area contributed by atoms with Gasteiger partial charge in [0.25, 0.3) is 0 Å². The lowest BCUT2D eigenvalue weighted by molar-refractivity contribution is 0.0898. The molecular formula is C19H30IN3O2Si. The van der Waals surface area contributed by atoms with Gasteiger partial charge in [0.05, 0.1) is 19.3 Å². The van der Waals surface area contributed by atoms with Gasteiger partial charge < -0.3 is 18.9 Å². The van der Waals surface area contributed by atoms with E-state index in [1.54, 1.807) is 0 Å². The average molecular weight is 487 g/mol. The van der Waals surface area contributed by atoms with Crippen LogP contribution in [0.4, 0.5) is 5.82 Å². The van der Waals surface area contributed by atoms with Crippen molar-refractivity contribution in [1.29, 1.82) is 0 Å². The number of halogens is 1. The van der Waals surface area contributed by atoms with Gasteiger partial charge >= 0.3 is 0 Å². The van der Waals surface area contributed by atoms with E-state index in [4.69, 9.17) is 14.5 Å². The Bertz CT molecular complexity index is 744. The molecule has 0 amide bonds. The molecule has 1 atom stereocenters. The van der Waals surface area contributed by atoms with Crippen LogP contribution in [0, 0.1) is 0 Å². The summed E-state index contributed by atoms with van der Waals surface area (Å²) < 4.78 is 14.7. The van der Waals surface area contributed by atoms with E-state index in [0.29, 0.717) is 12.8 Å². The highest BCUT2D eigenvalue weighted by Crippen LogP contribution is 2.27. The smallest absolute Gasteiger partial charge is 0.144 e. The summed E-state index contributed by atoms with van der Waals surface area (Å²) in [6.07, 6.45) is 2.11. The summed E-state index contributed by atoms with van der Waals surface area (Å²) in [5.74, 6) is 1.06. The van der Waals surface area contributed by atoms with Crippen molar-refractivity contribution in [2.24, 2.45) is 0 Å². The highest BCUT2D eigenvalue weighted by atomic mass is 127. The summed E-state index contributed by atoms with van der Waals surface area (Å²) >= 11 is 2.44. The molecule has 144 valence electrons. The molecule has 3 heterocycles. The minimum atomic E-state index is -1.06. The summed E-state index contributed by atoms with van der Waals surface area (Å²) in [6.45, 7) is 13.2. The van der Waals surface area contributed by atoms with Crippen LogP contribution >= 0.6 is 22.6 Å². The Morgan fingerprint density at radius 1 is 1.38 bits per heavy atom. The van der Waals surface area contributed by atoms with Crippen molar-refractivity contribution in [3.05, 3.63) is 23.9 Å². The predicted molar refractivity (Wildman–Crippen MR) is 119 cm³/mol. The molecule has 0 radical (unpaired) electrons. The highest BCUT2D eigenvalue weighted by Gasteiger charge is 2.22. The molecule has 1 aliphatic rings. The average Bonchev–Trinajstić information content (AvgIpc) is 3.00. The van der Waals surface area contributed by atoms with Crippen molar-refractivity contribution in [2.75, 3.05) is 31.3 Å². The number of hydrogen-bond donors (Lipinski definition) is 0. The van der Waals surface area contributed by atoms with Crippen LogP contribution in [0.3, 0.4) is 0 Å². The van der Waals surface area contributed by atoms with E-state index >= 15 is 0 Å². The number of fused-ring (bicyclic) bond motifs is 1. The standard InChI is InChI=1S/C19H30IN3O2Si/c1-15-13-24-8-7-23(15)18-11-16(12-20)17-5-6-22(19(17)21-18)14-25-9-10-26(2,3)4/h5-6,11,15H,7-10,12-14H2,1-4H3/t15-/m1/s1. The molecule has 1 aliphatic heterocycles. The quantitative estimate of drug-likeness (QED) is 0.250. The molecule has 1 fully saturated rings. The van der Waals surface area contributed by atoms with Crippen LogP contribution in [0.5, 0.6) is 0 Å². The van der Waals surface area contributed by atoms with E-state index < -0.39 is 8.07 Å². The molecule has 0 bridgehead atoms. The number of hydrogen-bond acceptors (Lipinski definition) is 4. The van der Waals surface area contributed by atoms with Gasteiger partial charge in [-0.05, 0) is 30.7 Å². The molecule has 26 heavy (non-hydrogen) atoms. The van der Waals surface area contributed by atoms with Gasteiger partial charge in [-0.3, -0.25) is 0 Å². The first-order chi connectivity index (χ1) is 12.4. The van der Waals surface area contributed by atoms with Crippen molar-refractivity contribution >= 4 is 47.5 Å². The summed E-state index contributed by atoms with van der Waals surface area (Å²) in [4.78, 5) is 7.37. The third-order valence-corrected chi connectivity index (χ3v) is 7.36. The fraction of sp³-hybridized carbons (Fsp3) is 0.632. The van der Waals surface area contributed by atoms with Crippen molar-refractivity contribution < 1.29 is 9.47 Å². The Hall–Kier alpha value is -0.643. The number of ether oxygens (including phenoxy) is 2. The van der Waals surface area contributed by atoms with E-state index in [2.05, 4.69) is 77.0 Å². The first kappa shape index (κ1) is 20.1. The number of alkyl halides is 1. The van der Waals surface area contributed by atoms with Crippen LogP contribution in [0.2, 0.25) is 25.7 Å². The first-order valence-corrected chi connectivity index (χ1v) is 14.6. The second-order valence-electron chi connectivity index (χ2n) is 8.26. The second kappa shape index (κ2) is 8.58. The molecule has 1 saturated heterocycles. The Morgan fingerprint density at radius 2 is 2.19 bits per heavy atom. The van der Waals surface area contributed by atoms with Gasteiger partial charge in [0.1, 0.15) is 18.2 Å². The number of morpholine rings is 1. The van der Waals surface area contributed by atoms with E-state index in [1.807, 2.05) is 0 Å². The lowest BCUT2D eigenvalue weighted by Crippen LogP contribution is -2.44. The molecule has 0 unspecified atom stereocenters. The van der Waals surface area contributed by atoms with E-state index in [9.17, 15) is 0 Å². The molecule has 0 N–H and O–H groups in total. The molecule has 0 saturated carbocycles. The third-order valence-electron chi connectivity index (χ3n) is 4.84. The normalized spacial score (nSPS) is 18.7. The topological polar surface area (TPSA) is 39.5 Å². The van der Waals surface area contributed by atoms with Crippen molar-refractivity contribution in [1.82, 2.24) is 9.55 Å². The van der Waals surface area contributed by atoms with Crippen LogP contribution < -0.4 is 4.90 Å². The Balaban J connectivity index is 1.83. The SMILES string of the molecule is C[C@@H]1COCCN1c1cc(CI)c2ccn(COCC[Si](C)(C)C)c2n1. The van der Waals surface area contributed by atoms with Gasteiger partial charge in [0.15, 0.2) is 0 Å². The molecule has 2 aromatic rings. The maximum absolute atomic E-state index is 5.96. The van der Waals surface area contributed by atoms with Crippen molar-refractivity contribution in [3.63, 3.8) is 0 Å². The Labute approximate surface area is 171 Å². The van der Waals surface area contributed by atoms with Crippen molar-refractivity contribution in [2.45, 2.75) is 49.8 Å². The minimum absolute atomic E-state index is 0.354. The van der Waals surface area contributed by atoms with Gasteiger partial charge in [-0.15, -0.1) is 0 Å². The molecular weight excluding hydrogens is 457 g/mol. The molecule has 0 aliphatic carbocycles. The Kier molecular flexibility index (Phi) is 6.63. The van der Waals surface area contributed by atoms with Crippen LogP contribution in [0.15, 0.2) is 18.3 Å². The van der Waals surface area contributed by atoms with Crippen LogP contribution in [-0.4, -0.2) is 50.0 Å². The van der Waals surface area contributed by atoms with Gasteiger partial charge in [-0.2, -0.15) is 0 Å². The molecule has 7 heteroatoms. The lowest BCUT2D eigenvalue weighted by Gasteiger charge is -2.34. The van der Waals surface area contributed by atoms with Gasteiger partial charge in [0, 0.05) is 37.2 Å². The lowest BCUT2D eigenvalue weighted by atomic mass is 10.2. The first-order valence-electron chi connectivity index (χ1n) is 9.36. The summed E-state index contributed by atoms with van der Waals surface area (Å²) in [5, 5.41) is 1.23. The van der Waals surface area contributed by atoms with Crippen LogP contribution in [0.1, 0.15) is 12.5 Å². The van der Waals surface area contributed by atoms with Gasteiger partial charge in [0.2, 0.25) is 0 Å². The molecule has 0 aromatic carbocycles. The maximum Gasteiger partial charge on any atom is 0.144 e. The zero-order chi connectivity index (χ0) is 18.7. The van der Waals surface area contributed by atoms with E-state index in [-0.39, 0.29) is 0 Å². The van der Waals surface area contributed by atoms with E-state index in [1.165, 1.54) is 17.0 Å². The predicted octanol–water partition coefficient (Wildman–Crippen LogP) is 4.51. The minimum Gasteiger partial charge on any atom is -0.377 e. The number of aromatic nitrogens is 2. The molecule has 2 aromatic heterocycles. The fourth-order valence-corrected chi connectivity index (χ4v) is 4.57. The zero-order valence-corrected chi connectivity index (χ0v) is 19.5. The summed E-state index contributed by atoms with van der Waals surface area (Å²) in [5.41, 5.74) is 2.37. The Morgan fingerprint density at radius 3 is 2.88 bits per heavy atom. The van der Waals surface area contributed by atoms with E-state index in [0.717, 1.165) is 42.3 Å². The number of nitrogens with zero attached hydrogens (tertiary/aromatic N) is 3. The van der Waals surface area contributed by atoms with Crippen LogP contribution in [0.25, 0.3) is 11.0 Å². The zero-order valence-electron chi connectivity index (χ0n) is 16.3. The number of pyridine rings is 1. The van der Waals surface area contributed by atoms with Gasteiger partial charge in [-0.1, -0.05) is 42.2 Å². The highest BCUT2D eigenvalue weighted by molar-refractivity contribution is 14.1. The monoisotopic (exact) mass is 487 g/mol. The number of rotatable bonds is 7. The van der Waals surface area contributed by atoms with Gasteiger partial charge in [-0.25, -0.2) is 4.98 Å². The molecule has 0 spiro atoms. The summed E-state index contributed by atoms with van der Waals surface area (Å²) in [6, 6.07) is 5.96. The fourth-order valence-electron chi connectivity index (χ4n) is 3.18. The third kappa shape index (κ3) is 4.79. The van der Waals surface area contributed by atoms with Crippen molar-refractivity contribution in [3.8, 4) is 0 Å².